The van der Waals surface area contributed by atoms with Gasteiger partial charge in [0.2, 0.25) is 5.88 Å². The van der Waals surface area contributed by atoms with Gasteiger partial charge in [-0.05, 0) is 36.8 Å². The Bertz CT molecular complexity index is 937. The maximum Gasteiger partial charge on any atom is 0.316 e. The van der Waals surface area contributed by atoms with E-state index in [2.05, 4.69) is 9.97 Å². The summed E-state index contributed by atoms with van der Waals surface area (Å²) in [6.45, 7) is 1.95. The second-order valence-corrected chi connectivity index (χ2v) is 5.66. The zero-order chi connectivity index (χ0) is 18.1. The van der Waals surface area contributed by atoms with Crippen LogP contribution in [0.3, 0.4) is 0 Å². The Kier molecular flexibility index (Phi) is 4.39. The van der Waals surface area contributed by atoms with E-state index in [1.54, 1.807) is 31.5 Å². The molecule has 1 N–H and O–H groups in total. The van der Waals surface area contributed by atoms with Crippen LogP contribution in [0.2, 0.25) is 0 Å². The Hall–Kier alpha value is -2.96. The van der Waals surface area contributed by atoms with E-state index in [1.807, 2.05) is 19.1 Å². The molecule has 1 amide bonds. The summed E-state index contributed by atoms with van der Waals surface area (Å²) in [5.74, 6) is -0.743. The summed E-state index contributed by atoms with van der Waals surface area (Å²) in [7, 11) is 2.88. The predicted octanol–water partition coefficient (Wildman–Crippen LogP) is 3.77. The Labute approximate surface area is 143 Å². The number of rotatable bonds is 4. The summed E-state index contributed by atoms with van der Waals surface area (Å²) in [6.07, 6.45) is -1.37. The van der Waals surface area contributed by atoms with E-state index in [-0.39, 0.29) is 0 Å². The van der Waals surface area contributed by atoms with E-state index in [4.69, 9.17) is 4.74 Å². The number of halogens is 2. The number of aromatic nitrogens is 2. The molecule has 25 heavy (non-hydrogen) atoms. The van der Waals surface area contributed by atoms with Crippen molar-refractivity contribution in [3.63, 3.8) is 0 Å². The maximum absolute atomic E-state index is 12.6. The lowest BCUT2D eigenvalue weighted by Crippen LogP contribution is -2.31. The van der Waals surface area contributed by atoms with E-state index in [0.29, 0.717) is 11.6 Å². The summed E-state index contributed by atoms with van der Waals surface area (Å²) >= 11 is 0. The van der Waals surface area contributed by atoms with Crippen molar-refractivity contribution in [3.05, 3.63) is 42.1 Å². The molecule has 0 aliphatic heterocycles. The molecule has 0 bridgehead atoms. The lowest BCUT2D eigenvalue weighted by Gasteiger charge is -2.16. The van der Waals surface area contributed by atoms with Crippen molar-refractivity contribution in [3.8, 4) is 17.1 Å². The van der Waals surface area contributed by atoms with Crippen LogP contribution in [-0.4, -0.2) is 36.5 Å². The second kappa shape index (κ2) is 6.51. The summed E-state index contributed by atoms with van der Waals surface area (Å²) in [5.41, 5.74) is 3.74. The number of ether oxygens (including phenoxy) is 1. The molecule has 130 valence electrons. The van der Waals surface area contributed by atoms with Gasteiger partial charge in [0.15, 0.2) is 0 Å². The highest BCUT2D eigenvalue weighted by Gasteiger charge is 2.22. The molecule has 3 rings (SSSR count). The number of nitrogens with zero attached hydrogens (tertiary/aromatic N) is 2. The van der Waals surface area contributed by atoms with Crippen LogP contribution in [0.4, 0.5) is 14.5 Å². The van der Waals surface area contributed by atoms with Crippen LogP contribution >= 0.6 is 0 Å². The minimum absolute atomic E-state index is 0.390. The number of carbonyl (C=O) groups excluding carboxylic acids is 1. The van der Waals surface area contributed by atoms with Gasteiger partial charge in [0, 0.05) is 29.8 Å². The van der Waals surface area contributed by atoms with Crippen molar-refractivity contribution in [2.75, 3.05) is 19.1 Å². The lowest BCUT2D eigenvalue weighted by atomic mass is 10.1. The molecular formula is C18H17F2N3O2. The first-order valence-corrected chi connectivity index (χ1v) is 7.61. The lowest BCUT2D eigenvalue weighted by molar-refractivity contribution is -0.128. The quantitative estimate of drug-likeness (QED) is 0.783. The van der Waals surface area contributed by atoms with Crippen LogP contribution in [0.1, 0.15) is 5.56 Å². The molecule has 5 nitrogen and oxygen atoms in total. The number of H-pyrrole nitrogens is 1. The summed E-state index contributed by atoms with van der Waals surface area (Å²) < 4.78 is 30.6. The minimum Gasteiger partial charge on any atom is -0.480 e. The van der Waals surface area contributed by atoms with Gasteiger partial charge in [-0.1, -0.05) is 6.07 Å². The van der Waals surface area contributed by atoms with Gasteiger partial charge in [-0.2, -0.15) is 8.78 Å². The first-order chi connectivity index (χ1) is 11.9. The number of hydrogen-bond acceptors (Lipinski definition) is 3. The molecule has 0 saturated carbocycles. The predicted molar refractivity (Wildman–Crippen MR) is 92.2 cm³/mol. The zero-order valence-corrected chi connectivity index (χ0v) is 14.0. The highest BCUT2D eigenvalue weighted by Crippen LogP contribution is 2.33. The number of pyridine rings is 1. The van der Waals surface area contributed by atoms with Gasteiger partial charge in [0.1, 0.15) is 0 Å². The Morgan fingerprint density at radius 1 is 1.28 bits per heavy atom. The average molecular weight is 345 g/mol. The molecule has 0 saturated heterocycles. The monoisotopic (exact) mass is 345 g/mol. The van der Waals surface area contributed by atoms with E-state index in [0.717, 1.165) is 32.6 Å². The zero-order valence-electron chi connectivity index (χ0n) is 14.0. The summed E-state index contributed by atoms with van der Waals surface area (Å²) in [6, 6.07) is 8.88. The largest absolute Gasteiger partial charge is 0.480 e. The Morgan fingerprint density at radius 3 is 2.72 bits per heavy atom. The van der Waals surface area contributed by atoms with Crippen molar-refractivity contribution in [2.45, 2.75) is 13.3 Å². The third-order valence-electron chi connectivity index (χ3n) is 4.10. The van der Waals surface area contributed by atoms with Crippen LogP contribution in [0, 0.1) is 6.92 Å². The van der Waals surface area contributed by atoms with Gasteiger partial charge >= 0.3 is 6.43 Å². The highest BCUT2D eigenvalue weighted by atomic mass is 19.3. The fourth-order valence-corrected chi connectivity index (χ4v) is 2.75. The fraction of sp³-hybridized carbons (Fsp3) is 0.222. The Balaban J connectivity index is 2.06. The number of benzene rings is 1. The number of carbonyl (C=O) groups is 1. The number of aromatic amines is 1. The fourth-order valence-electron chi connectivity index (χ4n) is 2.75. The number of nitrogens with one attached hydrogen (secondary N) is 1. The molecule has 0 spiro atoms. The standard InChI is InChI=1S/C18H17F2N3O2/c1-10-6-7-21-17(25-3)15(10)14-8-11-4-5-12(9-13(11)22-14)23(2)18(24)16(19)20/h4-9,16,22H,1-3H3. The number of amides is 1. The third kappa shape index (κ3) is 3.05. The molecule has 0 fully saturated rings. The van der Waals surface area contributed by atoms with Crippen molar-refractivity contribution in [1.29, 1.82) is 0 Å². The van der Waals surface area contributed by atoms with Crippen molar-refractivity contribution < 1.29 is 18.3 Å². The molecule has 7 heteroatoms. The molecular weight excluding hydrogens is 328 g/mol. The maximum atomic E-state index is 12.6. The molecule has 2 aromatic heterocycles. The second-order valence-electron chi connectivity index (χ2n) is 5.66. The molecule has 1 aromatic carbocycles. The molecule has 0 aliphatic carbocycles. The summed E-state index contributed by atoms with van der Waals surface area (Å²) in [4.78, 5) is 19.9. The third-order valence-corrected chi connectivity index (χ3v) is 4.10. The molecule has 2 heterocycles. The van der Waals surface area contributed by atoms with Gasteiger partial charge < -0.3 is 14.6 Å². The normalized spacial score (nSPS) is 11.1. The van der Waals surface area contributed by atoms with Crippen LogP contribution in [-0.2, 0) is 4.79 Å². The highest BCUT2D eigenvalue weighted by molar-refractivity contribution is 5.98. The van der Waals surface area contributed by atoms with Crippen molar-refractivity contribution in [1.82, 2.24) is 9.97 Å². The number of methoxy groups -OCH3 is 1. The van der Waals surface area contributed by atoms with E-state index in [1.165, 1.54) is 7.05 Å². The number of alkyl halides is 2. The number of fused-ring (bicyclic) bond motifs is 1. The first-order valence-electron chi connectivity index (χ1n) is 7.61. The minimum atomic E-state index is -3.04. The van der Waals surface area contributed by atoms with Crippen molar-refractivity contribution in [2.24, 2.45) is 0 Å². The van der Waals surface area contributed by atoms with Gasteiger partial charge in [-0.25, -0.2) is 4.98 Å². The van der Waals surface area contributed by atoms with Gasteiger partial charge in [0.25, 0.3) is 5.91 Å². The van der Waals surface area contributed by atoms with Crippen LogP contribution in [0.15, 0.2) is 36.5 Å². The van der Waals surface area contributed by atoms with Crippen LogP contribution in [0.25, 0.3) is 22.2 Å². The average Bonchev–Trinajstić information content (AvgIpc) is 3.02. The molecule has 3 aromatic rings. The van der Waals surface area contributed by atoms with E-state index in [9.17, 15) is 13.6 Å². The number of hydrogen-bond donors (Lipinski definition) is 1. The van der Waals surface area contributed by atoms with Gasteiger partial charge in [-0.15, -0.1) is 0 Å². The van der Waals surface area contributed by atoms with Crippen LogP contribution < -0.4 is 9.64 Å². The molecule has 0 aliphatic rings. The van der Waals surface area contributed by atoms with Gasteiger partial charge in [0.05, 0.1) is 18.4 Å². The molecule has 0 atom stereocenters. The van der Waals surface area contributed by atoms with Gasteiger partial charge in [-0.3, -0.25) is 4.79 Å². The molecule has 0 radical (unpaired) electrons. The van der Waals surface area contributed by atoms with Crippen LogP contribution in [0.5, 0.6) is 5.88 Å². The van der Waals surface area contributed by atoms with E-state index >= 15 is 0 Å². The van der Waals surface area contributed by atoms with E-state index < -0.39 is 12.3 Å². The smallest absolute Gasteiger partial charge is 0.316 e. The first kappa shape index (κ1) is 16.9. The number of anilines is 1. The SMILES string of the molecule is COc1nccc(C)c1-c1cc2ccc(N(C)C(=O)C(F)F)cc2[nH]1. The Morgan fingerprint density at radius 2 is 2.04 bits per heavy atom. The van der Waals surface area contributed by atoms with Crippen molar-refractivity contribution >= 4 is 22.5 Å². The topological polar surface area (TPSA) is 58.2 Å². The molecule has 0 unspecified atom stereocenters. The number of aryl methyl sites for hydroxylation is 1. The summed E-state index contributed by atoms with van der Waals surface area (Å²) in [5, 5.41) is 0.891.